The van der Waals surface area contributed by atoms with Crippen LogP contribution in [0.1, 0.15) is 25.7 Å². The van der Waals surface area contributed by atoms with Crippen LogP contribution in [0.2, 0.25) is 0 Å². The van der Waals surface area contributed by atoms with Crippen molar-refractivity contribution in [2.45, 2.75) is 25.7 Å². The largest absolute Gasteiger partial charge is 0.493 e. The van der Waals surface area contributed by atoms with Gasteiger partial charge in [0, 0.05) is 19.3 Å². The van der Waals surface area contributed by atoms with Crippen molar-refractivity contribution in [3.05, 3.63) is 54.6 Å². The van der Waals surface area contributed by atoms with Gasteiger partial charge in [0.25, 0.3) is 0 Å². The summed E-state index contributed by atoms with van der Waals surface area (Å²) in [7, 11) is 1.75. The number of benzene rings is 2. The minimum atomic E-state index is 0.775. The van der Waals surface area contributed by atoms with E-state index in [-0.39, 0.29) is 0 Å². The molecule has 0 aliphatic rings. The molecule has 0 amide bonds. The molecule has 0 fully saturated rings. The zero-order chi connectivity index (χ0) is 14.8. The maximum atomic E-state index is 5.97. The minimum absolute atomic E-state index is 0.775. The minimum Gasteiger partial charge on any atom is -0.493 e. The van der Waals surface area contributed by atoms with Gasteiger partial charge in [0.05, 0.1) is 6.61 Å². The number of para-hydroxylation sites is 1. The van der Waals surface area contributed by atoms with Crippen molar-refractivity contribution in [1.29, 1.82) is 0 Å². The highest BCUT2D eigenvalue weighted by atomic mass is 16.5. The Morgan fingerprint density at radius 2 is 1.38 bits per heavy atom. The Kier molecular flexibility index (Phi) is 6.82. The Hall–Kier alpha value is -1.80. The van der Waals surface area contributed by atoms with E-state index >= 15 is 0 Å². The second-order valence-corrected chi connectivity index (χ2v) is 5.12. The maximum Gasteiger partial charge on any atom is 0.127 e. The smallest absolute Gasteiger partial charge is 0.127 e. The molecule has 0 N–H and O–H groups in total. The van der Waals surface area contributed by atoms with E-state index in [0.717, 1.165) is 37.4 Å². The van der Waals surface area contributed by atoms with Crippen molar-refractivity contribution in [1.82, 2.24) is 0 Å². The normalized spacial score (nSPS) is 10.5. The summed E-state index contributed by atoms with van der Waals surface area (Å²) in [5.74, 6) is 0.973. The van der Waals surface area contributed by atoms with Crippen LogP contribution in [0.4, 0.5) is 0 Å². The molecule has 0 aliphatic heterocycles. The molecule has 2 rings (SSSR count). The molecule has 0 atom stereocenters. The summed E-state index contributed by atoms with van der Waals surface area (Å²) >= 11 is 0. The average molecular weight is 284 g/mol. The third-order valence-corrected chi connectivity index (χ3v) is 3.47. The molecule has 0 bridgehead atoms. The maximum absolute atomic E-state index is 5.97. The molecule has 0 spiro atoms. The lowest BCUT2D eigenvalue weighted by Gasteiger charge is -2.11. The van der Waals surface area contributed by atoms with Crippen molar-refractivity contribution < 1.29 is 9.47 Å². The molecule has 21 heavy (non-hydrogen) atoms. The summed E-state index contributed by atoms with van der Waals surface area (Å²) in [5, 5.41) is 0. The van der Waals surface area contributed by atoms with Gasteiger partial charge in [-0.25, -0.2) is 0 Å². The molecule has 0 radical (unpaired) electrons. The zero-order valence-corrected chi connectivity index (χ0v) is 12.8. The van der Waals surface area contributed by atoms with Crippen LogP contribution in [-0.4, -0.2) is 20.3 Å². The molecule has 112 valence electrons. The van der Waals surface area contributed by atoms with Gasteiger partial charge in [-0.1, -0.05) is 55.0 Å². The molecule has 0 aliphatic carbocycles. The van der Waals surface area contributed by atoms with Crippen LogP contribution in [0.5, 0.6) is 5.75 Å². The average Bonchev–Trinajstić information content (AvgIpc) is 2.55. The van der Waals surface area contributed by atoms with E-state index < -0.39 is 0 Å². The first-order chi connectivity index (χ1) is 10.4. The lowest BCUT2D eigenvalue weighted by molar-refractivity contribution is 0.191. The standard InChI is InChI=1S/C19H24O2/c1-20-15-9-2-3-10-16-21-19-14-8-7-13-18(19)17-11-5-4-6-12-17/h4-8,11-14H,2-3,9-10,15-16H2,1H3. The summed E-state index contributed by atoms with van der Waals surface area (Å²) in [5.41, 5.74) is 2.37. The number of ether oxygens (including phenoxy) is 2. The van der Waals surface area contributed by atoms with E-state index in [0.29, 0.717) is 0 Å². The Bertz CT molecular complexity index is 508. The molecule has 2 aromatic carbocycles. The molecule has 0 saturated heterocycles. The van der Waals surface area contributed by atoms with E-state index in [2.05, 4.69) is 36.4 Å². The van der Waals surface area contributed by atoms with Gasteiger partial charge in [-0.15, -0.1) is 0 Å². The van der Waals surface area contributed by atoms with Crippen LogP contribution in [0, 0.1) is 0 Å². The number of hydrogen-bond acceptors (Lipinski definition) is 2. The Morgan fingerprint density at radius 3 is 2.14 bits per heavy atom. The van der Waals surface area contributed by atoms with Crippen LogP contribution in [0.3, 0.4) is 0 Å². The van der Waals surface area contributed by atoms with Crippen molar-refractivity contribution in [2.24, 2.45) is 0 Å². The van der Waals surface area contributed by atoms with Gasteiger partial charge in [0.15, 0.2) is 0 Å². The summed E-state index contributed by atoms with van der Waals surface area (Å²) in [6, 6.07) is 18.6. The van der Waals surface area contributed by atoms with E-state index in [9.17, 15) is 0 Å². The van der Waals surface area contributed by atoms with Gasteiger partial charge in [0.2, 0.25) is 0 Å². The number of unbranched alkanes of at least 4 members (excludes halogenated alkanes) is 3. The number of hydrogen-bond donors (Lipinski definition) is 0. The van der Waals surface area contributed by atoms with Crippen LogP contribution in [0.25, 0.3) is 11.1 Å². The lowest BCUT2D eigenvalue weighted by Crippen LogP contribution is -1.99. The summed E-state index contributed by atoms with van der Waals surface area (Å²) in [6.07, 6.45) is 4.62. The Balaban J connectivity index is 1.84. The van der Waals surface area contributed by atoms with Gasteiger partial charge in [-0.2, -0.15) is 0 Å². The Labute approximate surface area is 127 Å². The van der Waals surface area contributed by atoms with Gasteiger partial charge < -0.3 is 9.47 Å². The third kappa shape index (κ3) is 5.24. The number of methoxy groups -OCH3 is 1. The van der Waals surface area contributed by atoms with Crippen molar-refractivity contribution in [3.63, 3.8) is 0 Å². The number of rotatable bonds is 9. The highest BCUT2D eigenvalue weighted by Gasteiger charge is 2.04. The molecule has 0 heterocycles. The van der Waals surface area contributed by atoms with E-state index in [4.69, 9.17) is 9.47 Å². The molecule has 2 aromatic rings. The van der Waals surface area contributed by atoms with Gasteiger partial charge in [-0.3, -0.25) is 0 Å². The molecule has 0 saturated carbocycles. The lowest BCUT2D eigenvalue weighted by atomic mass is 10.1. The first-order valence-electron chi connectivity index (χ1n) is 7.68. The predicted molar refractivity (Wildman–Crippen MR) is 87.7 cm³/mol. The molecular formula is C19H24O2. The van der Waals surface area contributed by atoms with Crippen LogP contribution in [-0.2, 0) is 4.74 Å². The second-order valence-electron chi connectivity index (χ2n) is 5.12. The highest BCUT2D eigenvalue weighted by molar-refractivity contribution is 5.70. The van der Waals surface area contributed by atoms with E-state index in [1.165, 1.54) is 18.4 Å². The van der Waals surface area contributed by atoms with Crippen molar-refractivity contribution in [3.8, 4) is 16.9 Å². The summed E-state index contributed by atoms with van der Waals surface area (Å²) < 4.78 is 11.0. The van der Waals surface area contributed by atoms with Gasteiger partial charge in [-0.05, 0) is 30.9 Å². The Morgan fingerprint density at radius 1 is 0.714 bits per heavy atom. The fraction of sp³-hybridized carbons (Fsp3) is 0.368. The van der Waals surface area contributed by atoms with E-state index in [1.54, 1.807) is 7.11 Å². The SMILES string of the molecule is COCCCCCCOc1ccccc1-c1ccccc1. The quantitative estimate of drug-likeness (QED) is 0.607. The third-order valence-electron chi connectivity index (χ3n) is 3.47. The topological polar surface area (TPSA) is 18.5 Å². The second kappa shape index (κ2) is 9.19. The molecule has 2 heteroatoms. The van der Waals surface area contributed by atoms with Crippen LogP contribution in [0.15, 0.2) is 54.6 Å². The van der Waals surface area contributed by atoms with Crippen LogP contribution >= 0.6 is 0 Å². The molecular weight excluding hydrogens is 260 g/mol. The highest BCUT2D eigenvalue weighted by Crippen LogP contribution is 2.29. The molecule has 0 unspecified atom stereocenters. The fourth-order valence-corrected chi connectivity index (χ4v) is 2.33. The first kappa shape index (κ1) is 15.6. The van der Waals surface area contributed by atoms with Crippen molar-refractivity contribution in [2.75, 3.05) is 20.3 Å². The first-order valence-corrected chi connectivity index (χ1v) is 7.68. The monoisotopic (exact) mass is 284 g/mol. The zero-order valence-electron chi connectivity index (χ0n) is 12.8. The van der Waals surface area contributed by atoms with Gasteiger partial charge in [0.1, 0.15) is 5.75 Å². The molecule has 2 nitrogen and oxygen atoms in total. The summed E-state index contributed by atoms with van der Waals surface area (Å²) in [6.45, 7) is 1.63. The van der Waals surface area contributed by atoms with Crippen molar-refractivity contribution >= 4 is 0 Å². The fourth-order valence-electron chi connectivity index (χ4n) is 2.33. The summed E-state index contributed by atoms with van der Waals surface area (Å²) in [4.78, 5) is 0. The van der Waals surface area contributed by atoms with Gasteiger partial charge >= 0.3 is 0 Å². The van der Waals surface area contributed by atoms with Crippen LogP contribution < -0.4 is 4.74 Å². The molecule has 0 aromatic heterocycles. The van der Waals surface area contributed by atoms with E-state index in [1.807, 2.05) is 18.2 Å². The predicted octanol–water partition coefficient (Wildman–Crippen LogP) is 4.94.